The molecule has 0 bridgehead atoms. The van der Waals surface area contributed by atoms with Gasteiger partial charge in [-0.1, -0.05) is 18.2 Å². The van der Waals surface area contributed by atoms with E-state index < -0.39 is 0 Å². The van der Waals surface area contributed by atoms with E-state index in [1.54, 1.807) is 0 Å². The monoisotopic (exact) mass is 264 g/mol. The van der Waals surface area contributed by atoms with Gasteiger partial charge in [0.05, 0.1) is 23.4 Å². The van der Waals surface area contributed by atoms with Gasteiger partial charge in [-0.2, -0.15) is 5.10 Å². The highest BCUT2D eigenvalue weighted by Gasteiger charge is 2.22. The van der Waals surface area contributed by atoms with E-state index in [2.05, 4.69) is 45.8 Å². The zero-order valence-corrected chi connectivity index (χ0v) is 11.1. The van der Waals surface area contributed by atoms with Gasteiger partial charge in [0.15, 0.2) is 0 Å². The first-order valence-electron chi connectivity index (χ1n) is 6.88. The van der Waals surface area contributed by atoms with Gasteiger partial charge >= 0.3 is 0 Å². The molecule has 0 radical (unpaired) electrons. The number of benzene rings is 2. The second-order valence-corrected chi connectivity index (χ2v) is 5.33. The third kappa shape index (κ3) is 1.72. The van der Waals surface area contributed by atoms with Crippen molar-refractivity contribution < 1.29 is 0 Å². The Bertz CT molecular complexity index is 775. The number of H-pyrrole nitrogens is 1. The molecular weight excluding hydrogens is 248 g/mol. The number of aromatic nitrogens is 2. The predicted molar refractivity (Wildman–Crippen MR) is 81.6 cm³/mol. The van der Waals surface area contributed by atoms with Crippen molar-refractivity contribution in [3.8, 4) is 0 Å². The Labute approximate surface area is 117 Å². The highest BCUT2D eigenvalue weighted by molar-refractivity contribution is 5.90. The van der Waals surface area contributed by atoms with Crippen LogP contribution >= 0.6 is 0 Å². The minimum Gasteiger partial charge on any atom is -0.399 e. The van der Waals surface area contributed by atoms with Crippen LogP contribution in [-0.4, -0.2) is 10.2 Å². The summed E-state index contributed by atoms with van der Waals surface area (Å²) in [5.74, 6) is 0. The number of rotatable bonds is 2. The van der Waals surface area contributed by atoms with Crippen LogP contribution in [-0.2, 0) is 6.42 Å². The predicted octanol–water partition coefficient (Wildman–Crippen LogP) is 3.24. The van der Waals surface area contributed by atoms with Crippen molar-refractivity contribution in [1.29, 1.82) is 0 Å². The van der Waals surface area contributed by atoms with Gasteiger partial charge in [-0.3, -0.25) is 5.10 Å². The van der Waals surface area contributed by atoms with Crippen LogP contribution in [0.25, 0.3) is 10.9 Å². The fourth-order valence-electron chi connectivity index (χ4n) is 3.06. The molecule has 4 N–H and O–H groups in total. The maximum Gasteiger partial charge on any atom is 0.0881 e. The highest BCUT2D eigenvalue weighted by Crippen LogP contribution is 2.36. The molecule has 1 aliphatic carbocycles. The fraction of sp³-hybridized carbons (Fsp3) is 0.188. The van der Waals surface area contributed by atoms with Gasteiger partial charge in [-0.05, 0) is 42.2 Å². The number of nitrogens with two attached hydrogens (primary N) is 1. The fourth-order valence-corrected chi connectivity index (χ4v) is 3.06. The molecule has 100 valence electrons. The molecule has 1 aliphatic rings. The number of hydrogen-bond donors (Lipinski definition) is 3. The van der Waals surface area contributed by atoms with Gasteiger partial charge in [0.2, 0.25) is 0 Å². The molecule has 1 atom stereocenters. The first-order valence-corrected chi connectivity index (χ1v) is 6.88. The number of hydrogen-bond acceptors (Lipinski definition) is 3. The Morgan fingerprint density at radius 2 is 2.20 bits per heavy atom. The lowest BCUT2D eigenvalue weighted by Crippen LogP contribution is -2.07. The first-order chi connectivity index (χ1) is 9.81. The molecule has 3 aromatic rings. The van der Waals surface area contributed by atoms with Gasteiger partial charge in [0.1, 0.15) is 0 Å². The smallest absolute Gasteiger partial charge is 0.0881 e. The molecule has 1 aromatic heterocycles. The minimum atomic E-state index is 0.347. The molecule has 0 aliphatic heterocycles. The average Bonchev–Trinajstić information content (AvgIpc) is 3.06. The number of anilines is 2. The second kappa shape index (κ2) is 4.27. The van der Waals surface area contributed by atoms with Crippen LogP contribution in [0.1, 0.15) is 23.6 Å². The van der Waals surface area contributed by atoms with Gasteiger partial charge in [-0.25, -0.2) is 0 Å². The van der Waals surface area contributed by atoms with Gasteiger partial charge < -0.3 is 11.1 Å². The van der Waals surface area contributed by atoms with Gasteiger partial charge in [-0.15, -0.1) is 0 Å². The topological polar surface area (TPSA) is 66.7 Å². The Morgan fingerprint density at radius 1 is 1.25 bits per heavy atom. The Morgan fingerprint density at radius 3 is 3.15 bits per heavy atom. The normalized spacial score (nSPS) is 17.3. The number of nitrogens with one attached hydrogen (secondary N) is 2. The van der Waals surface area contributed by atoms with Crippen molar-refractivity contribution in [2.75, 3.05) is 11.1 Å². The lowest BCUT2D eigenvalue weighted by Gasteiger charge is -2.16. The highest BCUT2D eigenvalue weighted by atomic mass is 15.1. The molecule has 1 unspecified atom stereocenters. The van der Waals surface area contributed by atoms with E-state index in [4.69, 9.17) is 5.73 Å². The van der Waals surface area contributed by atoms with E-state index in [1.807, 2.05) is 12.3 Å². The number of para-hydroxylation sites is 1. The van der Waals surface area contributed by atoms with Crippen LogP contribution in [0, 0.1) is 0 Å². The lowest BCUT2D eigenvalue weighted by molar-refractivity contribution is 0.763. The van der Waals surface area contributed by atoms with Crippen LogP contribution < -0.4 is 11.1 Å². The molecule has 4 nitrogen and oxygen atoms in total. The number of aromatic amines is 1. The van der Waals surface area contributed by atoms with E-state index in [0.717, 1.165) is 35.1 Å². The van der Waals surface area contributed by atoms with E-state index in [9.17, 15) is 0 Å². The van der Waals surface area contributed by atoms with Crippen molar-refractivity contribution in [2.45, 2.75) is 18.9 Å². The number of nitrogen functional groups attached to an aromatic ring is 1. The van der Waals surface area contributed by atoms with E-state index in [-0.39, 0.29) is 0 Å². The van der Waals surface area contributed by atoms with Crippen molar-refractivity contribution in [2.24, 2.45) is 0 Å². The molecule has 4 rings (SSSR count). The standard InChI is InChI=1S/C16H16N4/c17-12-5-6-13-10(8-12)4-7-14(13)19-15-3-1-2-11-9-18-20-16(11)15/h1-3,5-6,8-9,14,19H,4,7,17H2,(H,18,20). The summed E-state index contributed by atoms with van der Waals surface area (Å²) in [4.78, 5) is 0. The summed E-state index contributed by atoms with van der Waals surface area (Å²) >= 11 is 0. The van der Waals surface area contributed by atoms with Crippen LogP contribution in [0.4, 0.5) is 11.4 Å². The molecule has 1 heterocycles. The number of nitrogens with zero attached hydrogens (tertiary/aromatic N) is 1. The maximum atomic E-state index is 5.86. The minimum absolute atomic E-state index is 0.347. The average molecular weight is 264 g/mol. The largest absolute Gasteiger partial charge is 0.399 e. The summed E-state index contributed by atoms with van der Waals surface area (Å²) in [6, 6.07) is 12.8. The van der Waals surface area contributed by atoms with Crippen LogP contribution in [0.3, 0.4) is 0 Å². The lowest BCUT2D eigenvalue weighted by atomic mass is 10.1. The third-order valence-corrected chi connectivity index (χ3v) is 4.05. The molecule has 0 fully saturated rings. The molecule has 2 aromatic carbocycles. The first kappa shape index (κ1) is 11.3. The van der Waals surface area contributed by atoms with Crippen LogP contribution in [0.5, 0.6) is 0 Å². The maximum absolute atomic E-state index is 5.86. The molecule has 20 heavy (non-hydrogen) atoms. The molecule has 0 amide bonds. The van der Waals surface area contributed by atoms with Crippen LogP contribution in [0.2, 0.25) is 0 Å². The van der Waals surface area contributed by atoms with Gasteiger partial charge in [0.25, 0.3) is 0 Å². The molecule has 0 saturated carbocycles. The Hall–Kier alpha value is -2.49. The zero-order chi connectivity index (χ0) is 13.5. The van der Waals surface area contributed by atoms with Crippen molar-refractivity contribution >= 4 is 22.3 Å². The SMILES string of the molecule is Nc1ccc2c(c1)CCC2Nc1cccc2cn[nH]c12. The Balaban J connectivity index is 1.70. The number of fused-ring (bicyclic) bond motifs is 2. The van der Waals surface area contributed by atoms with E-state index >= 15 is 0 Å². The summed E-state index contributed by atoms with van der Waals surface area (Å²) in [5.41, 5.74) is 11.6. The van der Waals surface area contributed by atoms with E-state index in [1.165, 1.54) is 11.1 Å². The molecule has 0 spiro atoms. The summed E-state index contributed by atoms with van der Waals surface area (Å²) in [7, 11) is 0. The zero-order valence-electron chi connectivity index (χ0n) is 11.1. The van der Waals surface area contributed by atoms with Crippen molar-refractivity contribution in [3.05, 3.63) is 53.7 Å². The summed E-state index contributed by atoms with van der Waals surface area (Å²) in [6.07, 6.45) is 4.03. The van der Waals surface area contributed by atoms with Crippen LogP contribution in [0.15, 0.2) is 42.6 Å². The van der Waals surface area contributed by atoms with Crippen molar-refractivity contribution in [3.63, 3.8) is 0 Å². The van der Waals surface area contributed by atoms with Crippen molar-refractivity contribution in [1.82, 2.24) is 10.2 Å². The summed E-state index contributed by atoms with van der Waals surface area (Å²) in [5, 5.41) is 11.9. The molecule has 4 heteroatoms. The van der Waals surface area contributed by atoms with E-state index in [0.29, 0.717) is 6.04 Å². The quantitative estimate of drug-likeness (QED) is 0.622. The summed E-state index contributed by atoms with van der Waals surface area (Å²) < 4.78 is 0. The number of aryl methyl sites for hydroxylation is 1. The Kier molecular flexibility index (Phi) is 2.42. The molecule has 0 saturated heterocycles. The molecular formula is C16H16N4. The summed E-state index contributed by atoms with van der Waals surface area (Å²) in [6.45, 7) is 0. The van der Waals surface area contributed by atoms with Gasteiger partial charge in [0, 0.05) is 11.1 Å². The third-order valence-electron chi connectivity index (χ3n) is 4.05. The second-order valence-electron chi connectivity index (χ2n) is 5.33.